The van der Waals surface area contributed by atoms with E-state index in [9.17, 15) is 14.9 Å². The molecule has 1 amide bonds. The molecule has 0 aliphatic carbocycles. The highest BCUT2D eigenvalue weighted by atomic mass is 32.2. The molecule has 1 aliphatic rings. The summed E-state index contributed by atoms with van der Waals surface area (Å²) in [7, 11) is 0. The van der Waals surface area contributed by atoms with Crippen LogP contribution in [-0.4, -0.2) is 22.6 Å². The first-order valence-electron chi connectivity index (χ1n) is 9.39. The number of para-hydroxylation sites is 1. The SMILES string of the molecule is CCOc1ccc(N=C2NC(=O)C(=Cc3ccc(-c4ccccc4[N+](=O)[O-])o3)S2)cc1. The second-order valence-electron chi connectivity index (χ2n) is 6.38. The molecule has 8 nitrogen and oxygen atoms in total. The molecule has 3 aromatic rings. The standard InChI is InChI=1S/C22H17N3O5S/c1-2-29-15-9-7-14(8-10-15)23-22-24-21(26)20(31-22)13-16-11-12-19(30-16)17-5-3-4-6-18(17)25(27)28/h3-13H,2H2,1H3,(H,23,24,26). The van der Waals surface area contributed by atoms with E-state index in [1.165, 1.54) is 17.8 Å². The van der Waals surface area contributed by atoms with Crippen molar-refractivity contribution in [2.75, 3.05) is 6.61 Å². The largest absolute Gasteiger partial charge is 0.494 e. The maximum Gasteiger partial charge on any atom is 0.280 e. The van der Waals surface area contributed by atoms with Gasteiger partial charge in [0.15, 0.2) is 5.17 Å². The summed E-state index contributed by atoms with van der Waals surface area (Å²) in [4.78, 5) is 27.9. The molecule has 0 radical (unpaired) electrons. The molecule has 1 aromatic heterocycles. The molecule has 1 N–H and O–H groups in total. The number of carbonyl (C=O) groups is 1. The maximum atomic E-state index is 12.3. The van der Waals surface area contributed by atoms with Gasteiger partial charge in [-0.05, 0) is 61.2 Å². The lowest BCUT2D eigenvalue weighted by molar-refractivity contribution is -0.384. The molecule has 2 heterocycles. The molecule has 1 saturated heterocycles. The van der Waals surface area contributed by atoms with Crippen molar-refractivity contribution in [3.63, 3.8) is 0 Å². The number of nitrogens with one attached hydrogen (secondary N) is 1. The number of thioether (sulfide) groups is 1. The van der Waals surface area contributed by atoms with Crippen LogP contribution in [0.25, 0.3) is 17.4 Å². The Bertz CT molecular complexity index is 1200. The highest BCUT2D eigenvalue weighted by Crippen LogP contribution is 2.33. The molecule has 1 fully saturated rings. The molecule has 156 valence electrons. The van der Waals surface area contributed by atoms with E-state index in [-0.39, 0.29) is 11.6 Å². The van der Waals surface area contributed by atoms with Crippen LogP contribution in [0.1, 0.15) is 12.7 Å². The summed E-state index contributed by atoms with van der Waals surface area (Å²) < 4.78 is 11.1. The van der Waals surface area contributed by atoms with E-state index in [1.54, 1.807) is 48.5 Å². The zero-order valence-electron chi connectivity index (χ0n) is 16.4. The van der Waals surface area contributed by atoms with Gasteiger partial charge in [-0.1, -0.05) is 12.1 Å². The molecule has 31 heavy (non-hydrogen) atoms. The number of hydrogen-bond donors (Lipinski definition) is 1. The van der Waals surface area contributed by atoms with Crippen LogP contribution < -0.4 is 10.1 Å². The van der Waals surface area contributed by atoms with Crippen molar-refractivity contribution in [1.82, 2.24) is 5.32 Å². The lowest BCUT2D eigenvalue weighted by atomic mass is 10.1. The van der Waals surface area contributed by atoms with Crippen molar-refractivity contribution < 1.29 is 18.9 Å². The molecular weight excluding hydrogens is 418 g/mol. The Morgan fingerprint density at radius 3 is 2.68 bits per heavy atom. The number of hydrogen-bond acceptors (Lipinski definition) is 7. The average Bonchev–Trinajstić information content (AvgIpc) is 3.36. The van der Waals surface area contributed by atoms with Gasteiger partial charge in [-0.3, -0.25) is 14.9 Å². The van der Waals surface area contributed by atoms with E-state index >= 15 is 0 Å². The fourth-order valence-corrected chi connectivity index (χ4v) is 3.75. The Balaban J connectivity index is 1.53. The minimum absolute atomic E-state index is 0.0474. The Morgan fingerprint density at radius 1 is 1.16 bits per heavy atom. The van der Waals surface area contributed by atoms with Gasteiger partial charge in [0.1, 0.15) is 17.3 Å². The number of nitro benzene ring substituents is 1. The van der Waals surface area contributed by atoms with E-state index in [2.05, 4.69) is 10.3 Å². The smallest absolute Gasteiger partial charge is 0.280 e. The second-order valence-corrected chi connectivity index (χ2v) is 7.42. The number of ether oxygens (including phenoxy) is 1. The molecule has 2 aromatic carbocycles. The number of nitrogens with zero attached hydrogens (tertiary/aromatic N) is 2. The van der Waals surface area contributed by atoms with Gasteiger partial charge in [-0.25, -0.2) is 4.99 Å². The van der Waals surface area contributed by atoms with Gasteiger partial charge in [0, 0.05) is 12.1 Å². The minimum atomic E-state index is -0.458. The highest BCUT2D eigenvalue weighted by molar-refractivity contribution is 8.18. The predicted octanol–water partition coefficient (Wildman–Crippen LogP) is 5.15. The van der Waals surface area contributed by atoms with E-state index in [1.807, 2.05) is 19.1 Å². The van der Waals surface area contributed by atoms with Crippen LogP contribution in [0.5, 0.6) is 5.75 Å². The summed E-state index contributed by atoms with van der Waals surface area (Å²) >= 11 is 1.19. The third kappa shape index (κ3) is 4.67. The van der Waals surface area contributed by atoms with Crippen LogP contribution in [0.2, 0.25) is 0 Å². The molecular formula is C22H17N3O5S. The summed E-state index contributed by atoms with van der Waals surface area (Å²) in [5.74, 6) is 1.22. The van der Waals surface area contributed by atoms with Crippen molar-refractivity contribution in [3.05, 3.63) is 81.4 Å². The van der Waals surface area contributed by atoms with E-state index in [4.69, 9.17) is 9.15 Å². The van der Waals surface area contributed by atoms with Crippen molar-refractivity contribution in [2.24, 2.45) is 4.99 Å². The lowest BCUT2D eigenvalue weighted by Crippen LogP contribution is -2.19. The monoisotopic (exact) mass is 435 g/mol. The highest BCUT2D eigenvalue weighted by Gasteiger charge is 2.25. The third-order valence-corrected chi connectivity index (χ3v) is 5.21. The summed E-state index contributed by atoms with van der Waals surface area (Å²) in [6.07, 6.45) is 1.58. The molecule has 1 aliphatic heterocycles. The van der Waals surface area contributed by atoms with Gasteiger partial charge in [0.05, 0.1) is 27.7 Å². The fourth-order valence-electron chi connectivity index (χ4n) is 2.93. The Labute approximate surface area is 181 Å². The fraction of sp³-hybridized carbons (Fsp3) is 0.0909. The molecule has 0 saturated carbocycles. The molecule has 0 spiro atoms. The topological polar surface area (TPSA) is 107 Å². The average molecular weight is 435 g/mol. The number of amides is 1. The van der Waals surface area contributed by atoms with Gasteiger partial charge >= 0.3 is 0 Å². The Kier molecular flexibility index (Phi) is 5.85. The first kappa shape index (κ1) is 20.4. The van der Waals surface area contributed by atoms with Crippen LogP contribution in [-0.2, 0) is 4.79 Å². The van der Waals surface area contributed by atoms with E-state index in [0.29, 0.717) is 39.5 Å². The van der Waals surface area contributed by atoms with Gasteiger partial charge < -0.3 is 14.5 Å². The lowest BCUT2D eigenvalue weighted by Gasteiger charge is -2.02. The van der Waals surface area contributed by atoms with Gasteiger partial charge in [0.25, 0.3) is 11.6 Å². The van der Waals surface area contributed by atoms with Gasteiger partial charge in [0.2, 0.25) is 0 Å². The summed E-state index contributed by atoms with van der Waals surface area (Å²) in [5.41, 5.74) is 1.01. The quantitative estimate of drug-likeness (QED) is 0.326. The number of rotatable bonds is 6. The van der Waals surface area contributed by atoms with Crippen molar-refractivity contribution in [1.29, 1.82) is 0 Å². The Hall–Kier alpha value is -3.85. The number of amidine groups is 1. The number of nitro groups is 1. The zero-order valence-corrected chi connectivity index (χ0v) is 17.2. The van der Waals surface area contributed by atoms with Crippen molar-refractivity contribution >= 4 is 40.3 Å². The first-order valence-corrected chi connectivity index (χ1v) is 10.2. The molecule has 0 bridgehead atoms. The van der Waals surface area contributed by atoms with Crippen LogP contribution in [0.3, 0.4) is 0 Å². The third-order valence-electron chi connectivity index (χ3n) is 4.30. The van der Waals surface area contributed by atoms with E-state index in [0.717, 1.165) is 5.75 Å². The van der Waals surface area contributed by atoms with Crippen molar-refractivity contribution in [3.8, 4) is 17.1 Å². The van der Waals surface area contributed by atoms with Gasteiger partial charge in [-0.15, -0.1) is 0 Å². The van der Waals surface area contributed by atoms with Crippen LogP contribution in [0, 0.1) is 10.1 Å². The van der Waals surface area contributed by atoms with Crippen molar-refractivity contribution in [2.45, 2.75) is 6.92 Å². The van der Waals surface area contributed by atoms with E-state index < -0.39 is 4.92 Å². The number of aliphatic imine (C=N–C) groups is 1. The minimum Gasteiger partial charge on any atom is -0.494 e. The Morgan fingerprint density at radius 2 is 1.94 bits per heavy atom. The van der Waals surface area contributed by atoms with Gasteiger partial charge in [-0.2, -0.15) is 0 Å². The molecule has 0 atom stereocenters. The van der Waals surface area contributed by atoms with Crippen LogP contribution in [0.4, 0.5) is 11.4 Å². The summed E-state index contributed by atoms with van der Waals surface area (Å²) in [6.45, 7) is 2.50. The predicted molar refractivity (Wildman–Crippen MR) is 119 cm³/mol. The summed E-state index contributed by atoms with van der Waals surface area (Å²) in [5, 5.41) is 14.4. The summed E-state index contributed by atoms with van der Waals surface area (Å²) in [6, 6.07) is 16.9. The number of benzene rings is 2. The second kappa shape index (κ2) is 8.88. The molecule has 4 rings (SSSR count). The van der Waals surface area contributed by atoms with Crippen LogP contribution in [0.15, 0.2) is 75.0 Å². The zero-order chi connectivity index (χ0) is 21.8. The maximum absolute atomic E-state index is 12.3. The molecule has 0 unspecified atom stereocenters. The van der Waals surface area contributed by atoms with Crippen LogP contribution >= 0.6 is 11.8 Å². The molecule has 9 heteroatoms. The first-order chi connectivity index (χ1) is 15.0. The normalized spacial score (nSPS) is 16.0. The number of carbonyl (C=O) groups excluding carboxylic acids is 1. The number of furan rings is 1.